The lowest BCUT2D eigenvalue weighted by molar-refractivity contribution is -0.133. The van der Waals surface area contributed by atoms with E-state index in [0.29, 0.717) is 29.6 Å². The molecule has 0 aliphatic carbocycles. The number of piperazine rings is 1. The van der Waals surface area contributed by atoms with Crippen LogP contribution in [0.25, 0.3) is 0 Å². The fourth-order valence-corrected chi connectivity index (χ4v) is 3.32. The summed E-state index contributed by atoms with van der Waals surface area (Å²) in [6.45, 7) is 6.39. The minimum Gasteiger partial charge on any atom is -0.439 e. The fraction of sp³-hybridized carbons (Fsp3) is 0.450. The van der Waals surface area contributed by atoms with Gasteiger partial charge in [0.2, 0.25) is 11.8 Å². The summed E-state index contributed by atoms with van der Waals surface area (Å²) in [4.78, 5) is 25.1. The Bertz CT molecular complexity index is 769. The predicted molar refractivity (Wildman–Crippen MR) is 106 cm³/mol. The molecule has 1 aliphatic heterocycles. The summed E-state index contributed by atoms with van der Waals surface area (Å²) in [5, 5.41) is 0.658. The van der Waals surface area contributed by atoms with Crippen molar-refractivity contribution in [2.24, 2.45) is 0 Å². The molecule has 1 amide bonds. The minimum atomic E-state index is 0.152. The van der Waals surface area contributed by atoms with Crippen molar-refractivity contribution in [3.05, 3.63) is 41.7 Å². The molecule has 0 spiro atoms. The Morgan fingerprint density at radius 2 is 2.04 bits per heavy atom. The third-order valence-electron chi connectivity index (χ3n) is 4.68. The Morgan fingerprint density at radius 3 is 2.74 bits per heavy atom. The van der Waals surface area contributed by atoms with E-state index in [1.54, 1.807) is 24.3 Å². The normalized spacial score (nSPS) is 17.1. The number of ether oxygens (including phenoxy) is 1. The zero-order chi connectivity index (χ0) is 19.2. The van der Waals surface area contributed by atoms with Gasteiger partial charge in [0, 0.05) is 43.2 Å². The number of carbonyl (C=O) groups is 1. The molecule has 144 valence electrons. The number of unbranched alkanes of at least 4 members (excludes halogenated alkanes) is 1. The van der Waals surface area contributed by atoms with Gasteiger partial charge in [-0.05, 0) is 37.6 Å². The molecule has 1 aromatic carbocycles. The van der Waals surface area contributed by atoms with Crippen molar-refractivity contribution in [1.82, 2.24) is 14.9 Å². The second-order valence-electron chi connectivity index (χ2n) is 6.76. The average molecular weight is 389 g/mol. The van der Waals surface area contributed by atoms with Gasteiger partial charge in [0.1, 0.15) is 17.9 Å². The molecule has 0 radical (unpaired) electrons. The van der Waals surface area contributed by atoms with Crippen LogP contribution in [0, 0.1) is 0 Å². The van der Waals surface area contributed by atoms with Crippen molar-refractivity contribution in [1.29, 1.82) is 0 Å². The van der Waals surface area contributed by atoms with Crippen LogP contribution < -0.4 is 9.64 Å². The lowest BCUT2D eigenvalue weighted by atomic mass is 10.1. The van der Waals surface area contributed by atoms with Crippen molar-refractivity contribution >= 4 is 23.3 Å². The van der Waals surface area contributed by atoms with Gasteiger partial charge in [-0.1, -0.05) is 24.9 Å². The van der Waals surface area contributed by atoms with E-state index < -0.39 is 0 Å². The van der Waals surface area contributed by atoms with Gasteiger partial charge in [0.15, 0.2) is 0 Å². The van der Waals surface area contributed by atoms with Crippen LogP contribution in [0.1, 0.15) is 33.1 Å². The number of rotatable bonds is 6. The Labute approximate surface area is 165 Å². The number of hydrogen-bond acceptors (Lipinski definition) is 5. The molecule has 1 atom stereocenters. The van der Waals surface area contributed by atoms with Crippen molar-refractivity contribution in [3.8, 4) is 11.6 Å². The Hall–Kier alpha value is -2.34. The minimum absolute atomic E-state index is 0.152. The summed E-state index contributed by atoms with van der Waals surface area (Å²) in [5.74, 6) is 2.21. The van der Waals surface area contributed by atoms with E-state index in [1.165, 1.54) is 6.33 Å². The molecule has 0 saturated carbocycles. The van der Waals surface area contributed by atoms with Crippen LogP contribution in [0.5, 0.6) is 11.6 Å². The third kappa shape index (κ3) is 5.10. The zero-order valence-electron chi connectivity index (χ0n) is 15.8. The van der Waals surface area contributed by atoms with E-state index in [4.69, 9.17) is 16.3 Å². The molecule has 0 N–H and O–H groups in total. The van der Waals surface area contributed by atoms with Gasteiger partial charge < -0.3 is 14.5 Å². The molecule has 3 rings (SSSR count). The van der Waals surface area contributed by atoms with E-state index in [9.17, 15) is 4.79 Å². The van der Waals surface area contributed by atoms with Crippen molar-refractivity contribution < 1.29 is 9.53 Å². The van der Waals surface area contributed by atoms with Crippen LogP contribution in [0.15, 0.2) is 36.7 Å². The molecule has 0 unspecified atom stereocenters. The first-order valence-corrected chi connectivity index (χ1v) is 9.74. The monoisotopic (exact) mass is 388 g/mol. The van der Waals surface area contributed by atoms with Gasteiger partial charge in [-0.15, -0.1) is 0 Å². The third-order valence-corrected chi connectivity index (χ3v) is 4.93. The summed E-state index contributed by atoms with van der Waals surface area (Å²) < 4.78 is 5.79. The van der Waals surface area contributed by atoms with Crippen molar-refractivity contribution in [2.45, 2.75) is 39.2 Å². The standard InChI is InChI=1S/C20H25ClN4O2/c1-3-4-5-20(26)25-11-10-24(13-15(25)2)18-12-19(23-14-22-18)27-17-8-6-16(21)7-9-17/h6-9,12,14-15H,3-5,10-11,13H2,1-2H3/t15-/m0/s1. The number of amides is 1. The van der Waals surface area contributed by atoms with Gasteiger partial charge in [-0.2, -0.15) is 0 Å². The predicted octanol–water partition coefficient (Wildman–Crippen LogP) is 4.15. The number of halogens is 1. The van der Waals surface area contributed by atoms with Gasteiger partial charge in [-0.3, -0.25) is 4.79 Å². The molecule has 0 bridgehead atoms. The Balaban J connectivity index is 1.64. The van der Waals surface area contributed by atoms with Gasteiger partial charge >= 0.3 is 0 Å². The number of benzene rings is 1. The lowest BCUT2D eigenvalue weighted by Gasteiger charge is -2.40. The molecule has 27 heavy (non-hydrogen) atoms. The number of hydrogen-bond donors (Lipinski definition) is 0. The number of aromatic nitrogens is 2. The molecule has 1 saturated heterocycles. The highest BCUT2D eigenvalue weighted by molar-refractivity contribution is 6.30. The van der Waals surface area contributed by atoms with E-state index in [0.717, 1.165) is 31.7 Å². The summed E-state index contributed by atoms with van der Waals surface area (Å²) in [6.07, 6.45) is 4.12. The van der Waals surface area contributed by atoms with Gasteiger partial charge in [-0.25, -0.2) is 9.97 Å². The Kier molecular flexibility index (Phi) is 6.50. The number of carbonyl (C=O) groups excluding carboxylic acids is 1. The molecule has 1 fully saturated rings. The molecule has 6 nitrogen and oxygen atoms in total. The summed E-state index contributed by atoms with van der Waals surface area (Å²) in [6, 6.07) is 9.12. The summed E-state index contributed by atoms with van der Waals surface area (Å²) in [5.41, 5.74) is 0. The summed E-state index contributed by atoms with van der Waals surface area (Å²) >= 11 is 5.90. The molecule has 7 heteroatoms. The van der Waals surface area contributed by atoms with Crippen molar-refractivity contribution in [2.75, 3.05) is 24.5 Å². The quantitative estimate of drug-likeness (QED) is 0.744. The van der Waals surface area contributed by atoms with Crippen LogP contribution in [-0.2, 0) is 4.79 Å². The van der Waals surface area contributed by atoms with Crippen molar-refractivity contribution in [3.63, 3.8) is 0 Å². The van der Waals surface area contributed by atoms with Gasteiger partial charge in [0.25, 0.3) is 0 Å². The summed E-state index contributed by atoms with van der Waals surface area (Å²) in [7, 11) is 0. The van der Waals surface area contributed by atoms with Crippen LogP contribution >= 0.6 is 11.6 Å². The van der Waals surface area contributed by atoms with Crippen LogP contribution in [-0.4, -0.2) is 46.5 Å². The van der Waals surface area contributed by atoms with Crippen LogP contribution in [0.3, 0.4) is 0 Å². The Morgan fingerprint density at radius 1 is 1.26 bits per heavy atom. The maximum absolute atomic E-state index is 12.3. The first-order valence-electron chi connectivity index (χ1n) is 9.36. The maximum atomic E-state index is 12.3. The number of anilines is 1. The first-order chi connectivity index (χ1) is 13.1. The lowest BCUT2D eigenvalue weighted by Crippen LogP contribution is -2.54. The topological polar surface area (TPSA) is 58.6 Å². The van der Waals surface area contributed by atoms with Crippen LogP contribution in [0.2, 0.25) is 5.02 Å². The van der Waals surface area contributed by atoms with Gasteiger partial charge in [0.05, 0.1) is 0 Å². The van der Waals surface area contributed by atoms with E-state index in [1.807, 2.05) is 11.0 Å². The van der Waals surface area contributed by atoms with E-state index >= 15 is 0 Å². The fourth-order valence-electron chi connectivity index (χ4n) is 3.19. The maximum Gasteiger partial charge on any atom is 0.224 e. The molecule has 1 aliphatic rings. The SMILES string of the molecule is CCCCC(=O)N1CCN(c2cc(Oc3ccc(Cl)cc3)ncn2)C[C@@H]1C. The number of nitrogens with zero attached hydrogens (tertiary/aromatic N) is 4. The molecule has 2 heterocycles. The highest BCUT2D eigenvalue weighted by atomic mass is 35.5. The highest BCUT2D eigenvalue weighted by Crippen LogP contribution is 2.25. The smallest absolute Gasteiger partial charge is 0.224 e. The van der Waals surface area contributed by atoms with Crippen LogP contribution in [0.4, 0.5) is 5.82 Å². The first kappa shape index (κ1) is 19.4. The van der Waals surface area contributed by atoms with E-state index in [2.05, 4.69) is 28.7 Å². The molecule has 1 aromatic heterocycles. The molecular weight excluding hydrogens is 364 g/mol. The second kappa shape index (κ2) is 9.04. The highest BCUT2D eigenvalue weighted by Gasteiger charge is 2.27. The largest absolute Gasteiger partial charge is 0.439 e. The molecular formula is C20H25ClN4O2. The van der Waals surface area contributed by atoms with E-state index in [-0.39, 0.29) is 11.9 Å². The zero-order valence-corrected chi connectivity index (χ0v) is 16.5. The average Bonchev–Trinajstić information content (AvgIpc) is 2.68. The molecule has 2 aromatic rings. The second-order valence-corrected chi connectivity index (χ2v) is 7.19.